The third-order valence-electron chi connectivity index (χ3n) is 7.31. The van der Waals surface area contributed by atoms with Crippen molar-refractivity contribution in [1.29, 1.82) is 0 Å². The van der Waals surface area contributed by atoms with E-state index in [1.165, 1.54) is 11.3 Å². The predicted octanol–water partition coefficient (Wildman–Crippen LogP) is 4.04. The Labute approximate surface area is 248 Å². The summed E-state index contributed by atoms with van der Waals surface area (Å²) < 4.78 is 5.81. The number of hydrogen-bond acceptors (Lipinski definition) is 13. The van der Waals surface area contributed by atoms with Gasteiger partial charge in [0.25, 0.3) is 0 Å². The summed E-state index contributed by atoms with van der Waals surface area (Å²) in [5.41, 5.74) is 2.56. The monoisotopic (exact) mass is 586 g/mol. The van der Waals surface area contributed by atoms with Crippen LogP contribution in [0.5, 0.6) is 0 Å². The molecule has 2 saturated heterocycles. The van der Waals surface area contributed by atoms with Crippen LogP contribution in [0.1, 0.15) is 30.7 Å². The molecule has 4 aromatic heterocycles. The Hall–Kier alpha value is -4.07. The quantitative estimate of drug-likeness (QED) is 0.274. The van der Waals surface area contributed by atoms with Gasteiger partial charge >= 0.3 is 5.97 Å². The van der Waals surface area contributed by atoms with E-state index in [9.17, 15) is 4.79 Å². The number of aryl methyl sites for hydroxylation is 1. The SMILES string of the molecule is Cc1cccc(-c2nccc(Nc3ccnc(Nc4nc(CN5CCC[C@@H](C(=O)O[C@@H]6CCN(C)C6)C5)cs4)n3)n2)n1. The fraction of sp³-hybridized carbons (Fsp3) is 0.414. The molecule has 42 heavy (non-hydrogen) atoms. The normalized spacial score (nSPS) is 19.5. The highest BCUT2D eigenvalue weighted by molar-refractivity contribution is 7.13. The minimum Gasteiger partial charge on any atom is -0.461 e. The van der Waals surface area contributed by atoms with Crippen LogP contribution in [0.2, 0.25) is 0 Å². The van der Waals surface area contributed by atoms with Crippen LogP contribution in [-0.2, 0) is 16.1 Å². The molecule has 2 aliphatic heterocycles. The van der Waals surface area contributed by atoms with Crippen LogP contribution in [0.25, 0.3) is 11.5 Å². The van der Waals surface area contributed by atoms with Gasteiger partial charge < -0.3 is 15.0 Å². The second-order valence-corrected chi connectivity index (χ2v) is 11.6. The minimum absolute atomic E-state index is 0.0234. The van der Waals surface area contributed by atoms with E-state index < -0.39 is 0 Å². The smallest absolute Gasteiger partial charge is 0.310 e. The average Bonchev–Trinajstić information content (AvgIpc) is 3.61. The van der Waals surface area contributed by atoms with Gasteiger partial charge in [-0.3, -0.25) is 15.0 Å². The molecule has 0 aromatic carbocycles. The van der Waals surface area contributed by atoms with Crippen LogP contribution >= 0.6 is 11.3 Å². The number of aromatic nitrogens is 6. The fourth-order valence-electron chi connectivity index (χ4n) is 5.24. The molecule has 6 heterocycles. The van der Waals surface area contributed by atoms with Gasteiger partial charge in [-0.05, 0) is 64.0 Å². The Morgan fingerprint density at radius 3 is 2.69 bits per heavy atom. The van der Waals surface area contributed by atoms with Crippen molar-refractivity contribution in [3.8, 4) is 11.5 Å². The van der Waals surface area contributed by atoms with Crippen LogP contribution < -0.4 is 10.6 Å². The predicted molar refractivity (Wildman–Crippen MR) is 161 cm³/mol. The zero-order valence-electron chi connectivity index (χ0n) is 23.7. The van der Waals surface area contributed by atoms with Gasteiger partial charge in [-0.25, -0.2) is 24.9 Å². The molecule has 0 spiro atoms. The number of anilines is 4. The minimum atomic E-state index is -0.0800. The van der Waals surface area contributed by atoms with Crippen molar-refractivity contribution >= 4 is 40.0 Å². The number of nitrogens with one attached hydrogen (secondary N) is 2. The molecular weight excluding hydrogens is 552 g/mol. The summed E-state index contributed by atoms with van der Waals surface area (Å²) in [5.74, 6) is 2.00. The summed E-state index contributed by atoms with van der Waals surface area (Å²) in [6.07, 6.45) is 6.16. The molecule has 2 N–H and O–H groups in total. The highest BCUT2D eigenvalue weighted by Crippen LogP contribution is 2.25. The zero-order chi connectivity index (χ0) is 28.9. The molecule has 218 valence electrons. The van der Waals surface area contributed by atoms with E-state index in [1.807, 2.05) is 30.5 Å². The molecule has 0 bridgehead atoms. The Balaban J connectivity index is 1.04. The van der Waals surface area contributed by atoms with Crippen molar-refractivity contribution in [2.45, 2.75) is 38.8 Å². The summed E-state index contributed by atoms with van der Waals surface area (Å²) in [4.78, 5) is 44.4. The Kier molecular flexibility index (Phi) is 8.58. The van der Waals surface area contributed by atoms with E-state index in [4.69, 9.17) is 9.72 Å². The third kappa shape index (κ3) is 7.22. The van der Waals surface area contributed by atoms with E-state index in [-0.39, 0.29) is 18.0 Å². The first-order valence-electron chi connectivity index (χ1n) is 14.2. The average molecular weight is 587 g/mol. The zero-order valence-corrected chi connectivity index (χ0v) is 24.5. The van der Waals surface area contributed by atoms with Crippen molar-refractivity contribution in [2.24, 2.45) is 5.92 Å². The first kappa shape index (κ1) is 28.1. The maximum atomic E-state index is 12.8. The van der Waals surface area contributed by atoms with Crippen molar-refractivity contribution in [1.82, 2.24) is 39.7 Å². The van der Waals surface area contributed by atoms with Gasteiger partial charge in [0.1, 0.15) is 23.4 Å². The number of carbonyl (C=O) groups is 1. The van der Waals surface area contributed by atoms with Crippen LogP contribution in [0.3, 0.4) is 0 Å². The summed E-state index contributed by atoms with van der Waals surface area (Å²) in [5, 5.41) is 9.16. The van der Waals surface area contributed by atoms with Crippen LogP contribution in [0, 0.1) is 12.8 Å². The number of nitrogens with zero attached hydrogens (tertiary/aromatic N) is 8. The number of pyridine rings is 1. The van der Waals surface area contributed by atoms with Gasteiger partial charge in [0.05, 0.1) is 11.6 Å². The van der Waals surface area contributed by atoms with Crippen molar-refractivity contribution in [3.05, 3.63) is 59.5 Å². The number of esters is 1. The van der Waals surface area contributed by atoms with Crippen LogP contribution in [0.15, 0.2) is 48.1 Å². The Morgan fingerprint density at radius 2 is 1.86 bits per heavy atom. The first-order valence-corrected chi connectivity index (χ1v) is 15.0. The Bertz CT molecular complexity index is 1530. The number of thiazole rings is 1. The molecule has 13 heteroatoms. The highest BCUT2D eigenvalue weighted by atomic mass is 32.1. The van der Waals surface area contributed by atoms with Gasteiger partial charge in [-0.2, -0.15) is 4.98 Å². The van der Waals surface area contributed by atoms with E-state index in [0.29, 0.717) is 47.3 Å². The maximum Gasteiger partial charge on any atom is 0.310 e. The lowest BCUT2D eigenvalue weighted by Gasteiger charge is -2.31. The number of carbonyl (C=O) groups excluding carboxylic acids is 1. The number of likely N-dealkylation sites (N-methyl/N-ethyl adjacent to an activating group) is 1. The molecule has 4 aromatic rings. The summed E-state index contributed by atoms with van der Waals surface area (Å²) >= 11 is 1.50. The lowest BCUT2D eigenvalue weighted by Crippen LogP contribution is -2.40. The molecule has 2 atom stereocenters. The first-order chi connectivity index (χ1) is 20.5. The largest absolute Gasteiger partial charge is 0.461 e. The van der Waals surface area contributed by atoms with E-state index in [0.717, 1.165) is 50.3 Å². The number of likely N-dealkylation sites (tertiary alicyclic amines) is 2. The molecule has 2 aliphatic rings. The van der Waals surface area contributed by atoms with Gasteiger partial charge in [0.15, 0.2) is 11.0 Å². The van der Waals surface area contributed by atoms with Crippen molar-refractivity contribution in [3.63, 3.8) is 0 Å². The number of hydrogen-bond donors (Lipinski definition) is 2. The summed E-state index contributed by atoms with van der Waals surface area (Å²) in [6.45, 7) is 6.07. The molecular formula is C29H34N10O2S. The summed E-state index contributed by atoms with van der Waals surface area (Å²) in [6, 6.07) is 9.30. The molecule has 0 aliphatic carbocycles. The molecule has 12 nitrogen and oxygen atoms in total. The van der Waals surface area contributed by atoms with E-state index >= 15 is 0 Å². The fourth-order valence-corrected chi connectivity index (χ4v) is 5.94. The van der Waals surface area contributed by atoms with E-state index in [1.54, 1.807) is 24.5 Å². The lowest BCUT2D eigenvalue weighted by atomic mass is 9.98. The van der Waals surface area contributed by atoms with Gasteiger partial charge in [-0.1, -0.05) is 6.07 Å². The number of piperidine rings is 1. The number of ether oxygens (including phenoxy) is 1. The van der Waals surface area contributed by atoms with Gasteiger partial charge in [-0.15, -0.1) is 11.3 Å². The second-order valence-electron chi connectivity index (χ2n) is 10.8. The topological polar surface area (TPSA) is 134 Å². The number of rotatable bonds is 9. The summed E-state index contributed by atoms with van der Waals surface area (Å²) in [7, 11) is 2.06. The van der Waals surface area contributed by atoms with Gasteiger partial charge in [0, 0.05) is 49.6 Å². The molecule has 6 rings (SSSR count). The lowest BCUT2D eigenvalue weighted by molar-refractivity contribution is -0.155. The standard InChI is InChI=1S/C29H34N10O2S/c1-19-5-3-7-23(32-19)26-30-11-8-24(35-26)34-25-9-12-31-28(36-25)37-29-33-21(18-42-29)16-39-13-4-6-20(15-39)27(40)41-22-10-14-38(2)17-22/h3,5,7-9,11-12,18,20,22H,4,6,10,13-17H2,1-2H3,(H2,30,31,33,34,35,36,37)/t20-,22-/m1/s1. The molecule has 0 saturated carbocycles. The van der Waals surface area contributed by atoms with Crippen molar-refractivity contribution in [2.75, 3.05) is 43.9 Å². The second kappa shape index (κ2) is 12.8. The molecule has 2 fully saturated rings. The molecule has 0 unspecified atom stereocenters. The highest BCUT2D eigenvalue weighted by Gasteiger charge is 2.31. The molecule has 0 amide bonds. The van der Waals surface area contributed by atoms with Crippen LogP contribution in [0.4, 0.5) is 22.7 Å². The molecule has 0 radical (unpaired) electrons. The van der Waals surface area contributed by atoms with Crippen molar-refractivity contribution < 1.29 is 9.53 Å². The van der Waals surface area contributed by atoms with Crippen LogP contribution in [-0.4, -0.2) is 85.0 Å². The maximum absolute atomic E-state index is 12.8. The van der Waals surface area contributed by atoms with Gasteiger partial charge in [0.2, 0.25) is 5.95 Å². The van der Waals surface area contributed by atoms with E-state index in [2.05, 4.69) is 52.4 Å². The Morgan fingerprint density at radius 1 is 1.00 bits per heavy atom. The third-order valence-corrected chi connectivity index (χ3v) is 8.12.